The molecular weight excluding hydrogens is 264 g/mol. The summed E-state index contributed by atoms with van der Waals surface area (Å²) >= 11 is 0. The van der Waals surface area contributed by atoms with Crippen molar-refractivity contribution < 1.29 is 4.74 Å². The van der Waals surface area contributed by atoms with Crippen LogP contribution in [0.15, 0.2) is 0 Å². The van der Waals surface area contributed by atoms with Crippen LogP contribution in [-0.4, -0.2) is 36.3 Å². The molecular formula is C16H28N4O. The Bertz CT molecular complexity index is 446. The second kappa shape index (κ2) is 8.17. The van der Waals surface area contributed by atoms with Crippen LogP contribution >= 0.6 is 0 Å². The number of aromatic nitrogens is 2. The van der Waals surface area contributed by atoms with Gasteiger partial charge in [0.15, 0.2) is 0 Å². The van der Waals surface area contributed by atoms with Gasteiger partial charge < -0.3 is 15.4 Å². The minimum absolute atomic E-state index is 0.736. The van der Waals surface area contributed by atoms with Crippen molar-refractivity contribution in [2.24, 2.45) is 5.92 Å². The Morgan fingerprint density at radius 3 is 2.48 bits per heavy atom. The van der Waals surface area contributed by atoms with Crippen LogP contribution in [0.5, 0.6) is 0 Å². The van der Waals surface area contributed by atoms with Crippen LogP contribution in [0, 0.1) is 12.8 Å². The van der Waals surface area contributed by atoms with Crippen molar-refractivity contribution >= 4 is 11.6 Å². The molecule has 2 N–H and O–H groups in total. The first-order valence-corrected chi connectivity index (χ1v) is 8.17. The second-order valence-electron chi connectivity index (χ2n) is 5.69. The normalized spacial score (nSPS) is 14.2. The van der Waals surface area contributed by atoms with E-state index >= 15 is 0 Å². The van der Waals surface area contributed by atoms with Crippen LogP contribution in [0.2, 0.25) is 0 Å². The summed E-state index contributed by atoms with van der Waals surface area (Å²) in [5, 5.41) is 6.71. The molecule has 1 fully saturated rings. The van der Waals surface area contributed by atoms with E-state index in [4.69, 9.17) is 4.74 Å². The fourth-order valence-electron chi connectivity index (χ4n) is 2.19. The van der Waals surface area contributed by atoms with Gasteiger partial charge in [0.2, 0.25) is 0 Å². The van der Waals surface area contributed by atoms with Crippen molar-refractivity contribution in [3.63, 3.8) is 0 Å². The highest BCUT2D eigenvalue weighted by Crippen LogP contribution is 2.28. The van der Waals surface area contributed by atoms with Crippen LogP contribution in [0.1, 0.15) is 44.5 Å². The molecule has 1 aromatic rings. The minimum Gasteiger partial charge on any atom is -0.379 e. The lowest BCUT2D eigenvalue weighted by Crippen LogP contribution is -2.15. The molecule has 0 radical (unpaired) electrons. The number of anilines is 2. The lowest BCUT2D eigenvalue weighted by atomic mass is 10.2. The molecule has 0 atom stereocenters. The largest absolute Gasteiger partial charge is 0.379 e. The first-order valence-electron chi connectivity index (χ1n) is 8.17. The van der Waals surface area contributed by atoms with Crippen LogP contribution in [0.25, 0.3) is 0 Å². The van der Waals surface area contributed by atoms with E-state index in [0.29, 0.717) is 0 Å². The third kappa shape index (κ3) is 5.16. The molecule has 2 rings (SSSR count). The number of rotatable bonds is 10. The van der Waals surface area contributed by atoms with E-state index in [1.54, 1.807) is 0 Å². The molecule has 0 bridgehead atoms. The monoisotopic (exact) mass is 292 g/mol. The quantitative estimate of drug-likeness (QED) is 0.649. The van der Waals surface area contributed by atoms with Gasteiger partial charge in [-0.2, -0.15) is 0 Å². The van der Waals surface area contributed by atoms with E-state index in [1.807, 2.05) is 0 Å². The Kier molecular flexibility index (Phi) is 6.23. The topological polar surface area (TPSA) is 59.1 Å². The molecule has 1 saturated carbocycles. The Morgan fingerprint density at radius 2 is 1.86 bits per heavy atom. The zero-order valence-electron chi connectivity index (χ0n) is 13.5. The first-order chi connectivity index (χ1) is 10.2. The zero-order chi connectivity index (χ0) is 15.1. The van der Waals surface area contributed by atoms with E-state index in [1.165, 1.54) is 12.8 Å². The fourth-order valence-corrected chi connectivity index (χ4v) is 2.19. The highest BCUT2D eigenvalue weighted by atomic mass is 16.5. The second-order valence-corrected chi connectivity index (χ2v) is 5.69. The number of hydrogen-bond donors (Lipinski definition) is 2. The van der Waals surface area contributed by atoms with Gasteiger partial charge in [0.1, 0.15) is 17.5 Å². The van der Waals surface area contributed by atoms with Crippen molar-refractivity contribution in [3.8, 4) is 0 Å². The van der Waals surface area contributed by atoms with Crippen molar-refractivity contribution in [2.45, 2.75) is 46.5 Å². The van der Waals surface area contributed by atoms with Gasteiger partial charge >= 0.3 is 0 Å². The van der Waals surface area contributed by atoms with E-state index in [2.05, 4.69) is 41.4 Å². The predicted molar refractivity (Wildman–Crippen MR) is 87.0 cm³/mol. The highest BCUT2D eigenvalue weighted by Gasteiger charge is 2.20. The number of nitrogens with one attached hydrogen (secondary N) is 2. The SMILES string of the molecule is CCCc1nc(NCC)c(C)c(NCCOCC2CC2)n1. The van der Waals surface area contributed by atoms with Crippen molar-refractivity contribution in [1.82, 2.24) is 9.97 Å². The maximum Gasteiger partial charge on any atom is 0.134 e. The minimum atomic E-state index is 0.736. The van der Waals surface area contributed by atoms with Crippen LogP contribution < -0.4 is 10.6 Å². The number of hydrogen-bond acceptors (Lipinski definition) is 5. The maximum absolute atomic E-state index is 5.65. The molecule has 0 spiro atoms. The molecule has 0 unspecified atom stereocenters. The van der Waals surface area contributed by atoms with E-state index in [0.717, 1.165) is 68.1 Å². The van der Waals surface area contributed by atoms with Gasteiger partial charge in [-0.15, -0.1) is 0 Å². The lowest BCUT2D eigenvalue weighted by molar-refractivity contribution is 0.134. The summed E-state index contributed by atoms with van der Waals surface area (Å²) in [5.74, 6) is 3.60. The summed E-state index contributed by atoms with van der Waals surface area (Å²) in [6.45, 7) is 9.60. The molecule has 1 aliphatic carbocycles. The number of ether oxygens (including phenoxy) is 1. The van der Waals surface area contributed by atoms with Crippen LogP contribution in [0.3, 0.4) is 0 Å². The lowest BCUT2D eigenvalue weighted by Gasteiger charge is -2.14. The molecule has 1 aliphatic rings. The molecule has 0 aromatic carbocycles. The van der Waals surface area contributed by atoms with Gasteiger partial charge in [-0.05, 0) is 39.0 Å². The number of nitrogens with zero attached hydrogens (tertiary/aromatic N) is 2. The van der Waals surface area contributed by atoms with E-state index in [-0.39, 0.29) is 0 Å². The predicted octanol–water partition coefficient (Wildman–Crippen LogP) is 3.01. The smallest absolute Gasteiger partial charge is 0.134 e. The zero-order valence-corrected chi connectivity index (χ0v) is 13.5. The Morgan fingerprint density at radius 1 is 1.14 bits per heavy atom. The van der Waals surface area contributed by atoms with Crippen molar-refractivity contribution in [1.29, 1.82) is 0 Å². The average Bonchev–Trinajstić information content (AvgIpc) is 3.28. The number of aryl methyl sites for hydroxylation is 1. The van der Waals surface area contributed by atoms with Crippen molar-refractivity contribution in [2.75, 3.05) is 36.9 Å². The van der Waals surface area contributed by atoms with Gasteiger partial charge in [0.05, 0.1) is 6.61 Å². The third-order valence-corrected chi connectivity index (χ3v) is 3.60. The molecule has 1 heterocycles. The third-order valence-electron chi connectivity index (χ3n) is 3.60. The Hall–Kier alpha value is -1.36. The molecule has 5 heteroatoms. The molecule has 1 aromatic heterocycles. The van der Waals surface area contributed by atoms with Crippen molar-refractivity contribution in [3.05, 3.63) is 11.4 Å². The standard InChI is InChI=1S/C16H28N4O/c1-4-6-14-19-15(17-5-2)12(3)16(20-14)18-9-10-21-11-13-7-8-13/h13H,4-11H2,1-3H3,(H2,17,18,19,20). The van der Waals surface area contributed by atoms with Gasteiger partial charge in [-0.1, -0.05) is 6.92 Å². The highest BCUT2D eigenvalue weighted by molar-refractivity contribution is 5.57. The fraction of sp³-hybridized carbons (Fsp3) is 0.750. The molecule has 21 heavy (non-hydrogen) atoms. The summed E-state index contributed by atoms with van der Waals surface area (Å²) < 4.78 is 5.65. The molecule has 118 valence electrons. The summed E-state index contributed by atoms with van der Waals surface area (Å²) in [7, 11) is 0. The van der Waals surface area contributed by atoms with Crippen LogP contribution in [-0.2, 0) is 11.2 Å². The average molecular weight is 292 g/mol. The summed E-state index contributed by atoms with van der Waals surface area (Å²) in [5.41, 5.74) is 1.08. The van der Waals surface area contributed by atoms with Gasteiger partial charge in [-0.25, -0.2) is 9.97 Å². The maximum atomic E-state index is 5.65. The van der Waals surface area contributed by atoms with Gasteiger partial charge in [-0.3, -0.25) is 0 Å². The van der Waals surface area contributed by atoms with Gasteiger partial charge in [0.25, 0.3) is 0 Å². The van der Waals surface area contributed by atoms with Crippen LogP contribution in [0.4, 0.5) is 11.6 Å². The Labute approximate surface area is 127 Å². The first kappa shape index (κ1) is 16.0. The van der Waals surface area contributed by atoms with E-state index < -0.39 is 0 Å². The van der Waals surface area contributed by atoms with Gasteiger partial charge in [0, 0.05) is 31.7 Å². The molecule has 0 amide bonds. The summed E-state index contributed by atoms with van der Waals surface area (Å²) in [6, 6.07) is 0. The molecule has 0 aliphatic heterocycles. The van der Waals surface area contributed by atoms with E-state index in [9.17, 15) is 0 Å². The Balaban J connectivity index is 1.91. The summed E-state index contributed by atoms with van der Waals surface area (Å²) in [4.78, 5) is 9.23. The summed E-state index contributed by atoms with van der Waals surface area (Å²) in [6.07, 6.45) is 4.64. The molecule has 5 nitrogen and oxygen atoms in total. The molecule has 0 saturated heterocycles.